The molecule has 0 amide bonds. The van der Waals surface area contributed by atoms with Crippen molar-refractivity contribution in [2.24, 2.45) is 10.9 Å². The molecule has 5 nitrogen and oxygen atoms in total. The summed E-state index contributed by atoms with van der Waals surface area (Å²) in [5.74, 6) is 3.36. The number of benzene rings is 1. The topological polar surface area (TPSA) is 54.9 Å². The molecule has 0 saturated heterocycles. The molecule has 2 aliphatic rings. The van der Waals surface area contributed by atoms with Gasteiger partial charge < -0.3 is 20.1 Å². The number of ether oxygens (including phenoxy) is 2. The summed E-state index contributed by atoms with van der Waals surface area (Å²) in [6, 6.07) is 6.68. The standard InChI is InChI=1S/C16H23N3O2.HI/c1-3-17-16(19-13-8-11(13)2)18-7-6-12-4-5-14-15(9-12)21-10-20-14;/h4-5,9,11,13H,3,6-8,10H2,1-2H3,(H2,17,18,19);1H. The quantitative estimate of drug-likeness (QED) is 0.439. The van der Waals surface area contributed by atoms with E-state index in [1.54, 1.807) is 0 Å². The molecule has 2 atom stereocenters. The molecule has 1 aliphatic carbocycles. The van der Waals surface area contributed by atoms with Crippen LogP contribution in [0.4, 0.5) is 0 Å². The van der Waals surface area contributed by atoms with Crippen molar-refractivity contribution >= 4 is 29.9 Å². The van der Waals surface area contributed by atoms with E-state index < -0.39 is 0 Å². The summed E-state index contributed by atoms with van der Waals surface area (Å²) < 4.78 is 10.7. The SMILES string of the molecule is CCNC(=NCCc1ccc2c(c1)OCO2)NC1CC1C.I. The lowest BCUT2D eigenvalue weighted by atomic mass is 10.1. The highest BCUT2D eigenvalue weighted by Gasteiger charge is 2.33. The van der Waals surface area contributed by atoms with Crippen LogP contribution in [0, 0.1) is 5.92 Å². The zero-order valence-electron chi connectivity index (χ0n) is 13.1. The number of aliphatic imine (C=N–C) groups is 1. The van der Waals surface area contributed by atoms with Crippen molar-refractivity contribution < 1.29 is 9.47 Å². The fraction of sp³-hybridized carbons (Fsp3) is 0.562. The van der Waals surface area contributed by atoms with E-state index >= 15 is 0 Å². The fourth-order valence-electron chi connectivity index (χ4n) is 2.41. The van der Waals surface area contributed by atoms with Crippen LogP contribution in [0.2, 0.25) is 0 Å². The van der Waals surface area contributed by atoms with E-state index in [4.69, 9.17) is 9.47 Å². The third-order valence-corrected chi connectivity index (χ3v) is 3.88. The number of hydrogen-bond donors (Lipinski definition) is 2. The Morgan fingerprint density at radius 1 is 1.32 bits per heavy atom. The Morgan fingerprint density at radius 2 is 2.09 bits per heavy atom. The van der Waals surface area contributed by atoms with Crippen molar-refractivity contribution in [2.75, 3.05) is 19.9 Å². The first-order chi connectivity index (χ1) is 10.3. The lowest BCUT2D eigenvalue weighted by Gasteiger charge is -2.10. The number of rotatable bonds is 5. The summed E-state index contributed by atoms with van der Waals surface area (Å²) in [4.78, 5) is 4.64. The number of nitrogens with zero attached hydrogens (tertiary/aromatic N) is 1. The molecule has 2 N–H and O–H groups in total. The number of guanidine groups is 1. The zero-order valence-corrected chi connectivity index (χ0v) is 15.4. The Balaban J connectivity index is 0.00000176. The van der Waals surface area contributed by atoms with Gasteiger partial charge in [-0.15, -0.1) is 24.0 Å². The van der Waals surface area contributed by atoms with Crippen molar-refractivity contribution in [2.45, 2.75) is 32.7 Å². The molecule has 1 aliphatic heterocycles. The van der Waals surface area contributed by atoms with Gasteiger partial charge in [0.05, 0.1) is 0 Å². The first kappa shape index (κ1) is 17.2. The smallest absolute Gasteiger partial charge is 0.231 e. The van der Waals surface area contributed by atoms with E-state index in [2.05, 4.69) is 35.5 Å². The lowest BCUT2D eigenvalue weighted by molar-refractivity contribution is 0.174. The van der Waals surface area contributed by atoms with Gasteiger partial charge in [-0.1, -0.05) is 13.0 Å². The Bertz CT molecular complexity index is 536. The maximum absolute atomic E-state index is 5.40. The molecule has 0 spiro atoms. The summed E-state index contributed by atoms with van der Waals surface area (Å²) in [6.45, 7) is 6.32. The van der Waals surface area contributed by atoms with E-state index in [9.17, 15) is 0 Å². The summed E-state index contributed by atoms with van der Waals surface area (Å²) in [5, 5.41) is 6.76. The van der Waals surface area contributed by atoms with Crippen LogP contribution >= 0.6 is 24.0 Å². The van der Waals surface area contributed by atoms with Crippen LogP contribution in [0.15, 0.2) is 23.2 Å². The van der Waals surface area contributed by atoms with Crippen LogP contribution in [0.5, 0.6) is 11.5 Å². The molecule has 3 rings (SSSR count). The van der Waals surface area contributed by atoms with Gasteiger partial charge >= 0.3 is 0 Å². The molecule has 1 aromatic carbocycles. The van der Waals surface area contributed by atoms with Gasteiger partial charge in [0.15, 0.2) is 17.5 Å². The van der Waals surface area contributed by atoms with Crippen LogP contribution in [0.25, 0.3) is 0 Å². The van der Waals surface area contributed by atoms with Gasteiger partial charge in [0.2, 0.25) is 6.79 Å². The number of hydrogen-bond acceptors (Lipinski definition) is 3. The minimum absolute atomic E-state index is 0. The van der Waals surface area contributed by atoms with Gasteiger partial charge in [0, 0.05) is 19.1 Å². The average Bonchev–Trinajstić information content (AvgIpc) is 2.99. The van der Waals surface area contributed by atoms with Gasteiger partial charge in [0.1, 0.15) is 0 Å². The molecule has 1 saturated carbocycles. The predicted octanol–water partition coefficient (Wildman–Crippen LogP) is 2.54. The van der Waals surface area contributed by atoms with E-state index in [0.29, 0.717) is 12.8 Å². The molecular formula is C16H24IN3O2. The number of halogens is 1. The van der Waals surface area contributed by atoms with Gasteiger partial charge in [0.25, 0.3) is 0 Å². The average molecular weight is 417 g/mol. The monoisotopic (exact) mass is 417 g/mol. The zero-order chi connectivity index (χ0) is 14.7. The van der Waals surface area contributed by atoms with Crippen molar-refractivity contribution in [3.63, 3.8) is 0 Å². The maximum Gasteiger partial charge on any atom is 0.231 e. The molecular weight excluding hydrogens is 393 g/mol. The predicted molar refractivity (Wildman–Crippen MR) is 98.4 cm³/mol. The highest BCUT2D eigenvalue weighted by molar-refractivity contribution is 14.0. The van der Waals surface area contributed by atoms with Crippen LogP contribution in [-0.4, -0.2) is 31.9 Å². The highest BCUT2D eigenvalue weighted by Crippen LogP contribution is 2.32. The van der Waals surface area contributed by atoms with E-state index in [1.807, 2.05) is 12.1 Å². The first-order valence-electron chi connectivity index (χ1n) is 7.69. The largest absolute Gasteiger partial charge is 0.454 e. The Labute approximate surface area is 148 Å². The Kier molecular flexibility index (Phi) is 6.16. The van der Waals surface area contributed by atoms with Crippen LogP contribution < -0.4 is 20.1 Å². The van der Waals surface area contributed by atoms with Crippen molar-refractivity contribution in [1.82, 2.24) is 10.6 Å². The molecule has 1 aromatic rings. The normalized spacial score (nSPS) is 22.0. The van der Waals surface area contributed by atoms with Gasteiger partial charge in [-0.05, 0) is 43.4 Å². The van der Waals surface area contributed by atoms with Gasteiger partial charge in [-0.25, -0.2) is 0 Å². The Morgan fingerprint density at radius 3 is 2.82 bits per heavy atom. The minimum atomic E-state index is 0. The van der Waals surface area contributed by atoms with Gasteiger partial charge in [-0.3, -0.25) is 4.99 Å². The summed E-state index contributed by atoms with van der Waals surface area (Å²) in [6.07, 6.45) is 2.14. The molecule has 2 unspecified atom stereocenters. The van der Waals surface area contributed by atoms with E-state index in [1.165, 1.54) is 12.0 Å². The lowest BCUT2D eigenvalue weighted by Crippen LogP contribution is -2.39. The highest BCUT2D eigenvalue weighted by atomic mass is 127. The maximum atomic E-state index is 5.40. The molecule has 1 fully saturated rings. The minimum Gasteiger partial charge on any atom is -0.454 e. The first-order valence-corrected chi connectivity index (χ1v) is 7.69. The third kappa shape index (κ3) is 4.41. The molecule has 1 heterocycles. The van der Waals surface area contributed by atoms with Crippen LogP contribution in [0.3, 0.4) is 0 Å². The van der Waals surface area contributed by atoms with Gasteiger partial charge in [-0.2, -0.15) is 0 Å². The second kappa shape index (κ2) is 7.89. The summed E-state index contributed by atoms with van der Waals surface area (Å²) in [7, 11) is 0. The van der Waals surface area contributed by atoms with Crippen molar-refractivity contribution in [3.05, 3.63) is 23.8 Å². The molecule has 0 radical (unpaired) electrons. The second-order valence-electron chi connectivity index (χ2n) is 5.66. The molecule has 22 heavy (non-hydrogen) atoms. The second-order valence-corrected chi connectivity index (χ2v) is 5.66. The summed E-state index contributed by atoms with van der Waals surface area (Å²) >= 11 is 0. The number of nitrogens with one attached hydrogen (secondary N) is 2. The molecule has 0 aromatic heterocycles. The number of fused-ring (bicyclic) bond motifs is 1. The third-order valence-electron chi connectivity index (χ3n) is 3.88. The summed E-state index contributed by atoms with van der Waals surface area (Å²) in [5.41, 5.74) is 1.22. The van der Waals surface area contributed by atoms with Crippen LogP contribution in [0.1, 0.15) is 25.8 Å². The molecule has 6 heteroatoms. The van der Waals surface area contributed by atoms with Crippen molar-refractivity contribution in [1.29, 1.82) is 0 Å². The fourth-order valence-corrected chi connectivity index (χ4v) is 2.41. The molecule has 0 bridgehead atoms. The Hall–Kier alpha value is -1.18. The van der Waals surface area contributed by atoms with Crippen LogP contribution in [-0.2, 0) is 6.42 Å². The van der Waals surface area contributed by atoms with E-state index in [-0.39, 0.29) is 24.0 Å². The molecule has 122 valence electrons. The van der Waals surface area contributed by atoms with Crippen molar-refractivity contribution in [3.8, 4) is 11.5 Å². The van der Waals surface area contributed by atoms with E-state index in [0.717, 1.165) is 42.9 Å².